The lowest BCUT2D eigenvalue weighted by molar-refractivity contribution is 0.0911. The molecular formula is C17H24N2OS. The van der Waals surface area contributed by atoms with Gasteiger partial charge in [-0.1, -0.05) is 44.2 Å². The molecule has 1 unspecified atom stereocenters. The fraction of sp³-hybridized carbons (Fsp3) is 0.471. The van der Waals surface area contributed by atoms with E-state index in [1.54, 1.807) is 11.3 Å². The Hall–Kier alpha value is -1.23. The van der Waals surface area contributed by atoms with Crippen molar-refractivity contribution in [3.8, 4) is 0 Å². The molecule has 0 aliphatic carbocycles. The average Bonchev–Trinajstić information content (AvgIpc) is 2.94. The van der Waals surface area contributed by atoms with E-state index in [1.165, 1.54) is 4.88 Å². The summed E-state index contributed by atoms with van der Waals surface area (Å²) in [5.74, 6) is 0.665. The van der Waals surface area contributed by atoms with Gasteiger partial charge in [-0.2, -0.15) is 0 Å². The number of hydrogen-bond acceptors (Lipinski definition) is 4. The Balaban J connectivity index is 2.06. The van der Waals surface area contributed by atoms with E-state index in [2.05, 4.69) is 36.3 Å². The van der Waals surface area contributed by atoms with Crippen molar-refractivity contribution < 1.29 is 4.74 Å². The van der Waals surface area contributed by atoms with Crippen LogP contribution in [0, 0.1) is 5.92 Å². The van der Waals surface area contributed by atoms with Gasteiger partial charge in [0.1, 0.15) is 11.1 Å². The van der Waals surface area contributed by atoms with Crippen molar-refractivity contribution in [3.05, 3.63) is 52.0 Å². The summed E-state index contributed by atoms with van der Waals surface area (Å²) in [5.41, 5.74) is 1.16. The van der Waals surface area contributed by atoms with Crippen LogP contribution in [0.5, 0.6) is 0 Å². The zero-order valence-electron chi connectivity index (χ0n) is 13.0. The maximum Gasteiger partial charge on any atom is 0.134 e. The van der Waals surface area contributed by atoms with Crippen LogP contribution in [0.15, 0.2) is 36.5 Å². The van der Waals surface area contributed by atoms with Gasteiger partial charge in [0.2, 0.25) is 0 Å². The number of nitrogens with one attached hydrogen (secondary N) is 1. The lowest BCUT2D eigenvalue weighted by Crippen LogP contribution is -2.18. The highest BCUT2D eigenvalue weighted by atomic mass is 32.1. The van der Waals surface area contributed by atoms with Crippen LogP contribution < -0.4 is 5.32 Å². The molecule has 114 valence electrons. The fourth-order valence-electron chi connectivity index (χ4n) is 2.11. The van der Waals surface area contributed by atoms with Crippen LogP contribution in [-0.4, -0.2) is 18.1 Å². The van der Waals surface area contributed by atoms with Gasteiger partial charge >= 0.3 is 0 Å². The molecule has 0 bridgehead atoms. The summed E-state index contributed by atoms with van der Waals surface area (Å²) in [6.07, 6.45) is 1.91. The van der Waals surface area contributed by atoms with E-state index in [1.807, 2.05) is 31.3 Å². The summed E-state index contributed by atoms with van der Waals surface area (Å²) in [7, 11) is 0. The molecule has 0 spiro atoms. The Bertz CT molecular complexity index is 525. The Labute approximate surface area is 131 Å². The van der Waals surface area contributed by atoms with Gasteiger partial charge in [0.15, 0.2) is 0 Å². The molecule has 4 heteroatoms. The molecule has 2 aromatic rings. The van der Waals surface area contributed by atoms with E-state index in [-0.39, 0.29) is 6.10 Å². The smallest absolute Gasteiger partial charge is 0.134 e. The maximum atomic E-state index is 5.90. The number of aromatic nitrogens is 1. The second-order valence-electron chi connectivity index (χ2n) is 5.44. The first kappa shape index (κ1) is 16.1. The van der Waals surface area contributed by atoms with Crippen molar-refractivity contribution in [1.29, 1.82) is 0 Å². The van der Waals surface area contributed by atoms with Crippen molar-refractivity contribution >= 4 is 11.3 Å². The van der Waals surface area contributed by atoms with Gasteiger partial charge in [-0.15, -0.1) is 11.3 Å². The standard InChI is InChI=1S/C17H24N2OS/c1-4-20-16(14-8-6-5-7-9-14)17-19-12-15(21-17)11-18-10-13(2)3/h5-9,12-13,16,18H,4,10-11H2,1-3H3. The highest BCUT2D eigenvalue weighted by Crippen LogP contribution is 2.29. The quantitative estimate of drug-likeness (QED) is 0.800. The molecule has 1 heterocycles. The number of benzene rings is 1. The molecule has 0 amide bonds. The highest BCUT2D eigenvalue weighted by Gasteiger charge is 2.17. The third-order valence-corrected chi connectivity index (χ3v) is 4.12. The molecule has 3 nitrogen and oxygen atoms in total. The molecular weight excluding hydrogens is 280 g/mol. The molecule has 0 aliphatic heterocycles. The van der Waals surface area contributed by atoms with Gasteiger partial charge in [0.05, 0.1) is 0 Å². The van der Waals surface area contributed by atoms with Gasteiger partial charge < -0.3 is 10.1 Å². The predicted octanol–water partition coefficient (Wildman–Crippen LogP) is 4.01. The summed E-state index contributed by atoms with van der Waals surface area (Å²) in [5, 5.41) is 4.49. The van der Waals surface area contributed by atoms with E-state index in [4.69, 9.17) is 4.74 Å². The SMILES string of the molecule is CCOC(c1ccccc1)c1ncc(CNCC(C)C)s1. The molecule has 2 rings (SSSR count). The Morgan fingerprint density at radius 3 is 2.67 bits per heavy atom. The molecule has 1 aromatic heterocycles. The minimum atomic E-state index is -0.0555. The number of thiazole rings is 1. The topological polar surface area (TPSA) is 34.1 Å². The first-order chi connectivity index (χ1) is 10.2. The Kier molecular flexibility index (Phi) is 6.36. The summed E-state index contributed by atoms with van der Waals surface area (Å²) in [4.78, 5) is 5.82. The molecule has 21 heavy (non-hydrogen) atoms. The zero-order valence-corrected chi connectivity index (χ0v) is 13.8. The summed E-state index contributed by atoms with van der Waals surface area (Å²) >= 11 is 1.73. The van der Waals surface area contributed by atoms with Gasteiger partial charge in [-0.3, -0.25) is 0 Å². The second kappa shape index (κ2) is 8.27. The first-order valence-electron chi connectivity index (χ1n) is 7.52. The van der Waals surface area contributed by atoms with Crippen molar-refractivity contribution in [1.82, 2.24) is 10.3 Å². The number of ether oxygens (including phenoxy) is 1. The first-order valence-corrected chi connectivity index (χ1v) is 8.34. The van der Waals surface area contributed by atoms with Crippen molar-refractivity contribution in [3.63, 3.8) is 0 Å². The number of nitrogens with zero attached hydrogens (tertiary/aromatic N) is 1. The second-order valence-corrected chi connectivity index (χ2v) is 6.58. The predicted molar refractivity (Wildman–Crippen MR) is 88.6 cm³/mol. The highest BCUT2D eigenvalue weighted by molar-refractivity contribution is 7.11. The van der Waals surface area contributed by atoms with Crippen LogP contribution in [0.4, 0.5) is 0 Å². The van der Waals surface area contributed by atoms with Gasteiger partial charge in [-0.25, -0.2) is 4.98 Å². The van der Waals surface area contributed by atoms with Gasteiger partial charge in [0, 0.05) is 24.2 Å². The summed E-state index contributed by atoms with van der Waals surface area (Å²) < 4.78 is 5.90. The lowest BCUT2D eigenvalue weighted by Gasteiger charge is -2.14. The van der Waals surface area contributed by atoms with Crippen LogP contribution >= 0.6 is 11.3 Å². The van der Waals surface area contributed by atoms with E-state index in [9.17, 15) is 0 Å². The molecule has 1 aromatic carbocycles. The fourth-order valence-corrected chi connectivity index (χ4v) is 3.08. The van der Waals surface area contributed by atoms with E-state index in [0.717, 1.165) is 23.7 Å². The normalized spacial score (nSPS) is 12.8. The molecule has 0 saturated heterocycles. The van der Waals surface area contributed by atoms with Crippen LogP contribution in [0.3, 0.4) is 0 Å². The van der Waals surface area contributed by atoms with E-state index < -0.39 is 0 Å². The van der Waals surface area contributed by atoms with E-state index >= 15 is 0 Å². The average molecular weight is 304 g/mol. The molecule has 0 saturated carbocycles. The zero-order chi connectivity index (χ0) is 15.1. The number of hydrogen-bond donors (Lipinski definition) is 1. The van der Waals surface area contributed by atoms with Crippen LogP contribution in [-0.2, 0) is 11.3 Å². The van der Waals surface area contributed by atoms with Crippen LogP contribution in [0.25, 0.3) is 0 Å². The summed E-state index contributed by atoms with van der Waals surface area (Å²) in [6.45, 7) is 9.04. The van der Waals surface area contributed by atoms with Crippen LogP contribution in [0.1, 0.15) is 42.3 Å². The maximum absolute atomic E-state index is 5.90. The minimum absolute atomic E-state index is 0.0555. The largest absolute Gasteiger partial charge is 0.367 e. The molecule has 1 atom stereocenters. The minimum Gasteiger partial charge on any atom is -0.367 e. The lowest BCUT2D eigenvalue weighted by atomic mass is 10.1. The summed E-state index contributed by atoms with van der Waals surface area (Å²) in [6, 6.07) is 10.3. The van der Waals surface area contributed by atoms with Crippen molar-refractivity contribution in [2.45, 2.75) is 33.4 Å². The Morgan fingerprint density at radius 2 is 2.00 bits per heavy atom. The Morgan fingerprint density at radius 1 is 1.24 bits per heavy atom. The third kappa shape index (κ3) is 4.92. The molecule has 0 radical (unpaired) electrons. The van der Waals surface area contributed by atoms with E-state index in [0.29, 0.717) is 12.5 Å². The van der Waals surface area contributed by atoms with Gasteiger partial charge in [0.25, 0.3) is 0 Å². The van der Waals surface area contributed by atoms with Crippen molar-refractivity contribution in [2.75, 3.05) is 13.2 Å². The van der Waals surface area contributed by atoms with Crippen LogP contribution in [0.2, 0.25) is 0 Å². The molecule has 1 N–H and O–H groups in total. The third-order valence-electron chi connectivity index (χ3n) is 3.08. The monoisotopic (exact) mass is 304 g/mol. The van der Waals surface area contributed by atoms with Crippen molar-refractivity contribution in [2.24, 2.45) is 5.92 Å². The molecule has 0 aliphatic rings. The number of rotatable bonds is 8. The van der Waals surface area contributed by atoms with Gasteiger partial charge in [-0.05, 0) is 24.9 Å². The molecule has 0 fully saturated rings.